The van der Waals surface area contributed by atoms with Gasteiger partial charge >= 0.3 is 0 Å². The lowest BCUT2D eigenvalue weighted by atomic mass is 9.96. The summed E-state index contributed by atoms with van der Waals surface area (Å²) in [5.41, 5.74) is 0.655. The second kappa shape index (κ2) is 7.75. The molecule has 1 aliphatic rings. The van der Waals surface area contributed by atoms with E-state index in [0.717, 1.165) is 10.8 Å². The van der Waals surface area contributed by atoms with Crippen molar-refractivity contribution >= 4 is 16.7 Å². The first kappa shape index (κ1) is 16.9. The minimum Gasteiger partial charge on any atom is -0.378 e. The van der Waals surface area contributed by atoms with E-state index in [1.165, 1.54) is 0 Å². The van der Waals surface area contributed by atoms with Gasteiger partial charge < -0.3 is 19.5 Å². The molecule has 0 aromatic heterocycles. The number of hydrogen-bond acceptors (Lipinski definition) is 4. The second-order valence-corrected chi connectivity index (χ2v) is 6.04. The lowest BCUT2D eigenvalue weighted by Crippen LogP contribution is -2.50. The number of carbonyl (C=O) groups excluding carboxylic acids is 1. The maximum Gasteiger partial charge on any atom is 0.251 e. The van der Waals surface area contributed by atoms with Crippen LogP contribution in [0.25, 0.3) is 10.8 Å². The van der Waals surface area contributed by atoms with Crippen LogP contribution < -0.4 is 5.32 Å². The van der Waals surface area contributed by atoms with E-state index in [1.807, 2.05) is 42.5 Å². The Hall–Kier alpha value is -1.95. The van der Waals surface area contributed by atoms with Crippen LogP contribution in [-0.4, -0.2) is 52.1 Å². The average Bonchev–Trinajstić information content (AvgIpc) is 2.65. The zero-order chi connectivity index (χ0) is 16.9. The maximum absolute atomic E-state index is 12.5. The normalized spacial score (nSPS) is 24.0. The molecule has 0 unspecified atom stereocenters. The van der Waals surface area contributed by atoms with Crippen molar-refractivity contribution in [2.75, 3.05) is 34.0 Å². The summed E-state index contributed by atoms with van der Waals surface area (Å²) in [6.07, 6.45) is -0.188. The molecule has 24 heavy (non-hydrogen) atoms. The Morgan fingerprint density at radius 3 is 2.67 bits per heavy atom. The molecule has 1 saturated heterocycles. The predicted molar refractivity (Wildman–Crippen MR) is 92.2 cm³/mol. The van der Waals surface area contributed by atoms with E-state index in [0.29, 0.717) is 25.3 Å². The van der Waals surface area contributed by atoms with Gasteiger partial charge in [-0.2, -0.15) is 0 Å². The third-order valence-corrected chi connectivity index (χ3v) is 4.56. The van der Waals surface area contributed by atoms with E-state index in [1.54, 1.807) is 14.2 Å². The zero-order valence-corrected chi connectivity index (χ0v) is 14.0. The van der Waals surface area contributed by atoms with Gasteiger partial charge in [0.25, 0.3) is 5.91 Å². The molecule has 0 radical (unpaired) electrons. The summed E-state index contributed by atoms with van der Waals surface area (Å²) in [7, 11) is 3.32. The van der Waals surface area contributed by atoms with Crippen LogP contribution in [0.3, 0.4) is 0 Å². The lowest BCUT2D eigenvalue weighted by Gasteiger charge is -2.36. The highest BCUT2D eigenvalue weighted by atomic mass is 16.6. The highest BCUT2D eigenvalue weighted by molar-refractivity contribution is 5.98. The van der Waals surface area contributed by atoms with Crippen molar-refractivity contribution < 1.29 is 19.0 Å². The fourth-order valence-corrected chi connectivity index (χ4v) is 3.21. The summed E-state index contributed by atoms with van der Waals surface area (Å²) in [5, 5.41) is 5.17. The topological polar surface area (TPSA) is 56.8 Å². The van der Waals surface area contributed by atoms with E-state index in [-0.39, 0.29) is 24.0 Å². The summed E-state index contributed by atoms with van der Waals surface area (Å²) >= 11 is 0. The molecule has 2 aromatic rings. The summed E-state index contributed by atoms with van der Waals surface area (Å²) in [5.74, 6) is -0.0201. The number of amides is 1. The van der Waals surface area contributed by atoms with E-state index in [4.69, 9.17) is 14.2 Å². The number of fused-ring (bicyclic) bond motifs is 1. The van der Waals surface area contributed by atoms with Crippen molar-refractivity contribution in [3.05, 3.63) is 48.0 Å². The second-order valence-electron chi connectivity index (χ2n) is 6.04. The largest absolute Gasteiger partial charge is 0.378 e. The maximum atomic E-state index is 12.5. The minimum absolute atomic E-state index is 0.0677. The van der Waals surface area contributed by atoms with Crippen LogP contribution >= 0.6 is 0 Å². The molecule has 1 aliphatic heterocycles. The molecular weight excluding hydrogens is 306 g/mol. The average molecular weight is 329 g/mol. The molecule has 0 spiro atoms. The fourth-order valence-electron chi connectivity index (χ4n) is 3.21. The molecule has 5 heteroatoms. The number of hydrogen-bond donors (Lipinski definition) is 1. The number of methoxy groups -OCH3 is 2. The smallest absolute Gasteiger partial charge is 0.251 e. The standard InChI is InChI=1S/C19H23NO4/c1-22-17-12-24-11-16(18(17)23-2)10-20-19(21)15-8-7-13-5-3-4-6-14(13)9-15/h3-9,16-18H,10-12H2,1-2H3,(H,20,21)/t16-,17-,18+/m1/s1. The molecule has 3 atom stereocenters. The molecule has 128 valence electrons. The van der Waals surface area contributed by atoms with E-state index in [9.17, 15) is 4.79 Å². The molecule has 1 fully saturated rings. The van der Waals surface area contributed by atoms with Crippen LogP contribution in [0, 0.1) is 5.92 Å². The third-order valence-electron chi connectivity index (χ3n) is 4.56. The summed E-state index contributed by atoms with van der Waals surface area (Å²) in [6.45, 7) is 1.56. The van der Waals surface area contributed by atoms with Crippen molar-refractivity contribution in [3.8, 4) is 0 Å². The SMILES string of the molecule is CO[C@H]1[C@H](CNC(=O)c2ccc3ccccc3c2)COC[C@H]1OC. The van der Waals surface area contributed by atoms with E-state index in [2.05, 4.69) is 5.32 Å². The van der Waals surface area contributed by atoms with E-state index >= 15 is 0 Å². The molecule has 0 saturated carbocycles. The van der Waals surface area contributed by atoms with Crippen molar-refractivity contribution in [2.24, 2.45) is 5.92 Å². The number of benzene rings is 2. The highest BCUT2D eigenvalue weighted by Gasteiger charge is 2.34. The Morgan fingerprint density at radius 2 is 1.92 bits per heavy atom. The van der Waals surface area contributed by atoms with Crippen molar-refractivity contribution in [3.63, 3.8) is 0 Å². The third kappa shape index (κ3) is 3.59. The van der Waals surface area contributed by atoms with Gasteiger partial charge in [-0.3, -0.25) is 4.79 Å². The van der Waals surface area contributed by atoms with Gasteiger partial charge in [0.15, 0.2) is 0 Å². The van der Waals surface area contributed by atoms with Crippen molar-refractivity contribution in [2.45, 2.75) is 12.2 Å². The van der Waals surface area contributed by atoms with E-state index < -0.39 is 0 Å². The summed E-state index contributed by atoms with van der Waals surface area (Å²) < 4.78 is 16.5. The van der Waals surface area contributed by atoms with Gasteiger partial charge in [0.05, 0.1) is 19.3 Å². The number of carbonyl (C=O) groups is 1. The molecule has 0 bridgehead atoms. The highest BCUT2D eigenvalue weighted by Crippen LogP contribution is 2.20. The van der Waals surface area contributed by atoms with Gasteiger partial charge in [-0.25, -0.2) is 0 Å². The van der Waals surface area contributed by atoms with Crippen molar-refractivity contribution in [1.29, 1.82) is 0 Å². The van der Waals surface area contributed by atoms with Gasteiger partial charge in [-0.15, -0.1) is 0 Å². The Kier molecular flexibility index (Phi) is 5.45. The summed E-state index contributed by atoms with van der Waals surface area (Å²) in [4.78, 5) is 12.5. The fraction of sp³-hybridized carbons (Fsp3) is 0.421. The van der Waals surface area contributed by atoms with Crippen LogP contribution in [0.2, 0.25) is 0 Å². The van der Waals surface area contributed by atoms with Gasteiger partial charge in [0, 0.05) is 32.2 Å². The molecule has 1 amide bonds. The zero-order valence-electron chi connectivity index (χ0n) is 14.0. The molecule has 1 N–H and O–H groups in total. The van der Waals surface area contributed by atoms with Crippen LogP contribution in [0.4, 0.5) is 0 Å². The van der Waals surface area contributed by atoms with Crippen LogP contribution in [-0.2, 0) is 14.2 Å². The molecule has 3 rings (SSSR count). The Labute approximate surface area is 141 Å². The number of nitrogens with one attached hydrogen (secondary N) is 1. The Bertz CT molecular complexity index is 703. The van der Waals surface area contributed by atoms with Crippen LogP contribution in [0.1, 0.15) is 10.4 Å². The van der Waals surface area contributed by atoms with Gasteiger partial charge in [0.2, 0.25) is 0 Å². The first-order valence-corrected chi connectivity index (χ1v) is 8.13. The van der Waals surface area contributed by atoms with Gasteiger partial charge in [-0.05, 0) is 22.9 Å². The van der Waals surface area contributed by atoms with Gasteiger partial charge in [-0.1, -0.05) is 30.3 Å². The first-order chi connectivity index (χ1) is 11.7. The Balaban J connectivity index is 1.65. The van der Waals surface area contributed by atoms with Gasteiger partial charge in [0.1, 0.15) is 6.10 Å². The minimum atomic E-state index is -0.105. The predicted octanol–water partition coefficient (Wildman–Crippen LogP) is 2.25. The van der Waals surface area contributed by atoms with Crippen LogP contribution in [0.15, 0.2) is 42.5 Å². The van der Waals surface area contributed by atoms with Crippen LogP contribution in [0.5, 0.6) is 0 Å². The Morgan fingerprint density at radius 1 is 1.12 bits per heavy atom. The molecule has 2 aromatic carbocycles. The quantitative estimate of drug-likeness (QED) is 0.914. The molecule has 1 heterocycles. The molecule has 5 nitrogen and oxygen atoms in total. The first-order valence-electron chi connectivity index (χ1n) is 8.13. The number of ether oxygens (including phenoxy) is 3. The molecule has 0 aliphatic carbocycles. The number of rotatable bonds is 5. The lowest BCUT2D eigenvalue weighted by molar-refractivity contribution is -0.145. The molecular formula is C19H23NO4. The van der Waals surface area contributed by atoms with Crippen molar-refractivity contribution in [1.82, 2.24) is 5.32 Å². The monoisotopic (exact) mass is 329 g/mol. The summed E-state index contributed by atoms with van der Waals surface area (Å²) in [6, 6.07) is 13.7.